The molecule has 0 saturated heterocycles. The van der Waals surface area contributed by atoms with Gasteiger partial charge in [-0.1, -0.05) is 24.3 Å². The Labute approximate surface area is 163 Å². The average molecular weight is 374 g/mol. The van der Waals surface area contributed by atoms with Crippen molar-refractivity contribution in [2.75, 3.05) is 11.9 Å². The minimum atomic E-state index is -0.0201. The topological polar surface area (TPSA) is 87.1 Å². The molecule has 0 atom stereocenters. The lowest BCUT2D eigenvalue weighted by Crippen LogP contribution is -2.25. The summed E-state index contributed by atoms with van der Waals surface area (Å²) < 4.78 is 0. The summed E-state index contributed by atoms with van der Waals surface area (Å²) >= 11 is 0. The highest BCUT2D eigenvalue weighted by atomic mass is 16.3. The molecule has 0 unspecified atom stereocenters. The highest BCUT2D eigenvalue weighted by Crippen LogP contribution is 2.22. The normalized spacial score (nSPS) is 13.1. The van der Waals surface area contributed by atoms with Gasteiger partial charge in [-0.15, -0.1) is 0 Å². The minimum Gasteiger partial charge on any atom is -0.508 e. The van der Waals surface area contributed by atoms with Crippen molar-refractivity contribution < 1.29 is 9.90 Å². The van der Waals surface area contributed by atoms with Gasteiger partial charge in [0.1, 0.15) is 17.9 Å². The molecule has 1 aliphatic carbocycles. The van der Waals surface area contributed by atoms with Crippen LogP contribution in [-0.2, 0) is 6.42 Å². The van der Waals surface area contributed by atoms with Crippen molar-refractivity contribution in [2.24, 2.45) is 0 Å². The van der Waals surface area contributed by atoms with Crippen LogP contribution in [0.5, 0.6) is 5.75 Å². The number of carbonyl (C=O) groups excluding carboxylic acids is 1. The number of benzene rings is 2. The number of aromatic hydroxyl groups is 1. The van der Waals surface area contributed by atoms with Crippen LogP contribution >= 0.6 is 0 Å². The van der Waals surface area contributed by atoms with E-state index in [1.165, 1.54) is 6.33 Å². The van der Waals surface area contributed by atoms with E-state index >= 15 is 0 Å². The Morgan fingerprint density at radius 2 is 1.79 bits per heavy atom. The molecule has 142 valence electrons. The van der Waals surface area contributed by atoms with Gasteiger partial charge in [0.05, 0.1) is 5.69 Å². The largest absolute Gasteiger partial charge is 0.508 e. The Morgan fingerprint density at radius 1 is 1.04 bits per heavy atom. The number of hydrogen-bond acceptors (Lipinski definition) is 5. The molecule has 0 aliphatic heterocycles. The number of rotatable bonds is 7. The number of carbonyl (C=O) groups is 1. The van der Waals surface area contributed by atoms with Gasteiger partial charge < -0.3 is 15.7 Å². The van der Waals surface area contributed by atoms with Crippen LogP contribution in [0.2, 0.25) is 0 Å². The summed E-state index contributed by atoms with van der Waals surface area (Å²) in [5.74, 6) is 1.00. The van der Waals surface area contributed by atoms with Crippen LogP contribution in [0.3, 0.4) is 0 Å². The van der Waals surface area contributed by atoms with E-state index in [1.54, 1.807) is 12.1 Å². The van der Waals surface area contributed by atoms with Crippen LogP contribution in [0.15, 0.2) is 60.9 Å². The Morgan fingerprint density at radius 3 is 2.50 bits per heavy atom. The average Bonchev–Trinajstić information content (AvgIpc) is 3.54. The molecular formula is C22H22N4O2. The zero-order valence-electron chi connectivity index (χ0n) is 15.4. The van der Waals surface area contributed by atoms with Crippen molar-refractivity contribution in [3.8, 4) is 17.0 Å². The van der Waals surface area contributed by atoms with E-state index < -0.39 is 0 Å². The first-order chi connectivity index (χ1) is 13.7. The van der Waals surface area contributed by atoms with E-state index in [9.17, 15) is 9.90 Å². The molecule has 1 saturated carbocycles. The van der Waals surface area contributed by atoms with Crippen LogP contribution in [0.4, 0.5) is 5.82 Å². The molecule has 1 heterocycles. The molecule has 28 heavy (non-hydrogen) atoms. The molecule has 6 heteroatoms. The van der Waals surface area contributed by atoms with Crippen molar-refractivity contribution >= 4 is 11.7 Å². The Kier molecular flexibility index (Phi) is 5.19. The van der Waals surface area contributed by atoms with Crippen LogP contribution in [-0.4, -0.2) is 33.6 Å². The van der Waals surface area contributed by atoms with E-state index in [1.807, 2.05) is 42.5 Å². The number of nitrogens with one attached hydrogen (secondary N) is 2. The monoisotopic (exact) mass is 374 g/mol. The maximum atomic E-state index is 12.1. The number of phenols is 1. The number of nitrogens with zero attached hydrogens (tertiary/aromatic N) is 2. The first-order valence-corrected chi connectivity index (χ1v) is 9.42. The van der Waals surface area contributed by atoms with Crippen LogP contribution in [0.1, 0.15) is 28.8 Å². The van der Waals surface area contributed by atoms with E-state index in [4.69, 9.17) is 0 Å². The first-order valence-electron chi connectivity index (χ1n) is 9.42. The van der Waals surface area contributed by atoms with Gasteiger partial charge in [-0.3, -0.25) is 4.79 Å². The zero-order valence-corrected chi connectivity index (χ0v) is 15.4. The summed E-state index contributed by atoms with van der Waals surface area (Å²) in [6, 6.07) is 16.9. The number of anilines is 1. The lowest BCUT2D eigenvalue weighted by atomic mass is 10.1. The quantitative estimate of drug-likeness (QED) is 0.590. The van der Waals surface area contributed by atoms with Crippen molar-refractivity contribution in [3.05, 3.63) is 72.1 Å². The predicted molar refractivity (Wildman–Crippen MR) is 108 cm³/mol. The summed E-state index contributed by atoms with van der Waals surface area (Å²) in [6.45, 7) is 0.724. The minimum absolute atomic E-state index is 0.0201. The molecule has 0 radical (unpaired) electrons. The SMILES string of the molecule is O=C(NC1CC1)c1ccc(-c2cc(NCCc3ccc(O)cc3)ncn2)cc1. The maximum absolute atomic E-state index is 12.1. The molecule has 3 N–H and O–H groups in total. The second-order valence-electron chi connectivity index (χ2n) is 6.96. The fourth-order valence-electron chi connectivity index (χ4n) is 2.90. The maximum Gasteiger partial charge on any atom is 0.251 e. The van der Waals surface area contributed by atoms with Gasteiger partial charge in [-0.25, -0.2) is 9.97 Å². The third-order valence-corrected chi connectivity index (χ3v) is 4.68. The van der Waals surface area contributed by atoms with Crippen molar-refractivity contribution in [3.63, 3.8) is 0 Å². The number of aromatic nitrogens is 2. The molecule has 2 aromatic carbocycles. The van der Waals surface area contributed by atoms with Gasteiger partial charge >= 0.3 is 0 Å². The van der Waals surface area contributed by atoms with Gasteiger partial charge in [-0.05, 0) is 49.1 Å². The summed E-state index contributed by atoms with van der Waals surface area (Å²) in [5.41, 5.74) is 3.54. The summed E-state index contributed by atoms with van der Waals surface area (Å²) in [7, 11) is 0. The summed E-state index contributed by atoms with van der Waals surface area (Å²) in [4.78, 5) is 20.7. The van der Waals surface area contributed by atoms with E-state index in [0.717, 1.165) is 48.4 Å². The molecule has 0 bridgehead atoms. The van der Waals surface area contributed by atoms with Gasteiger partial charge in [0.2, 0.25) is 0 Å². The predicted octanol–water partition coefficient (Wildman–Crippen LogP) is 3.40. The molecule has 1 fully saturated rings. The molecule has 6 nitrogen and oxygen atoms in total. The highest BCUT2D eigenvalue weighted by molar-refractivity contribution is 5.95. The zero-order chi connectivity index (χ0) is 19.3. The third-order valence-electron chi connectivity index (χ3n) is 4.68. The smallest absolute Gasteiger partial charge is 0.251 e. The molecule has 1 amide bonds. The summed E-state index contributed by atoms with van der Waals surface area (Å²) in [5, 5.41) is 15.6. The highest BCUT2D eigenvalue weighted by Gasteiger charge is 2.23. The number of hydrogen-bond donors (Lipinski definition) is 3. The van der Waals surface area contributed by atoms with Crippen LogP contribution in [0, 0.1) is 0 Å². The van der Waals surface area contributed by atoms with Crippen molar-refractivity contribution in [2.45, 2.75) is 25.3 Å². The summed E-state index contributed by atoms with van der Waals surface area (Å²) in [6.07, 6.45) is 4.51. The van der Waals surface area contributed by atoms with E-state index in [0.29, 0.717) is 11.6 Å². The molecular weight excluding hydrogens is 352 g/mol. The number of phenolic OH excluding ortho intramolecular Hbond substituents is 1. The first kappa shape index (κ1) is 18.0. The van der Waals surface area contributed by atoms with Gasteiger partial charge in [-0.2, -0.15) is 0 Å². The molecule has 0 spiro atoms. The second kappa shape index (κ2) is 8.08. The Hall–Kier alpha value is -3.41. The molecule has 3 aromatic rings. The molecule has 4 rings (SSSR count). The fourth-order valence-corrected chi connectivity index (χ4v) is 2.90. The fraction of sp³-hybridized carbons (Fsp3) is 0.227. The standard InChI is InChI=1S/C22H22N4O2/c27-19-9-1-15(2-10-19)11-12-23-21-13-20(24-14-25-21)16-3-5-17(6-4-16)22(28)26-18-7-8-18/h1-6,9-10,13-14,18,27H,7-8,11-12H2,(H,26,28)(H,23,24,25). The lowest BCUT2D eigenvalue weighted by molar-refractivity contribution is 0.0951. The third kappa shape index (κ3) is 4.65. The Balaban J connectivity index is 1.37. The van der Waals surface area contributed by atoms with Gasteiger partial charge in [0.15, 0.2) is 0 Å². The van der Waals surface area contributed by atoms with E-state index in [-0.39, 0.29) is 11.7 Å². The van der Waals surface area contributed by atoms with Gasteiger partial charge in [0.25, 0.3) is 5.91 Å². The molecule has 1 aromatic heterocycles. The van der Waals surface area contributed by atoms with Crippen LogP contribution in [0.25, 0.3) is 11.3 Å². The van der Waals surface area contributed by atoms with Crippen LogP contribution < -0.4 is 10.6 Å². The number of amides is 1. The van der Waals surface area contributed by atoms with Gasteiger partial charge in [0, 0.05) is 29.8 Å². The van der Waals surface area contributed by atoms with E-state index in [2.05, 4.69) is 20.6 Å². The lowest BCUT2D eigenvalue weighted by Gasteiger charge is -2.08. The molecule has 1 aliphatic rings. The van der Waals surface area contributed by atoms with Crippen molar-refractivity contribution in [1.82, 2.24) is 15.3 Å². The Bertz CT molecular complexity index is 951. The second-order valence-corrected chi connectivity index (χ2v) is 6.96. The van der Waals surface area contributed by atoms with Crippen molar-refractivity contribution in [1.29, 1.82) is 0 Å².